The van der Waals surface area contributed by atoms with Gasteiger partial charge in [0.25, 0.3) is 0 Å². The highest BCUT2D eigenvalue weighted by Gasteiger charge is 2.45. The maximum absolute atomic E-state index is 6.82. The molecule has 39 heavy (non-hydrogen) atoms. The molecule has 3 unspecified atom stereocenters. The molecule has 0 bridgehead atoms. The van der Waals surface area contributed by atoms with Gasteiger partial charge in [0.05, 0.1) is 37.1 Å². The van der Waals surface area contributed by atoms with Gasteiger partial charge in [-0.25, -0.2) is 0 Å². The van der Waals surface area contributed by atoms with Gasteiger partial charge in [-0.05, 0) is 63.4 Å². The minimum absolute atomic E-state index is 0.0115. The minimum Gasteiger partial charge on any atom is -0.411 e. The summed E-state index contributed by atoms with van der Waals surface area (Å²) in [5.74, 6) is 0. The quantitative estimate of drug-likeness (QED) is 0.206. The van der Waals surface area contributed by atoms with Crippen molar-refractivity contribution in [3.8, 4) is 0 Å². The van der Waals surface area contributed by atoms with E-state index in [4.69, 9.17) is 27.5 Å². The van der Waals surface area contributed by atoms with Gasteiger partial charge < -0.3 is 32.8 Å². The summed E-state index contributed by atoms with van der Waals surface area (Å²) in [5, 5.41) is 3.77. The highest BCUT2D eigenvalue weighted by molar-refractivity contribution is 7.41. The van der Waals surface area contributed by atoms with Crippen molar-refractivity contribution >= 4 is 16.9 Å². The van der Waals surface area contributed by atoms with Gasteiger partial charge in [0.15, 0.2) is 8.32 Å². The third kappa shape index (κ3) is 8.33. The van der Waals surface area contributed by atoms with Crippen LogP contribution in [0.2, 0.25) is 18.1 Å². The molecule has 3 heterocycles. The van der Waals surface area contributed by atoms with Crippen LogP contribution in [0, 0.1) is 0 Å². The van der Waals surface area contributed by atoms with E-state index >= 15 is 0 Å². The van der Waals surface area contributed by atoms with Gasteiger partial charge in [-0.3, -0.25) is 0 Å². The van der Waals surface area contributed by atoms with Gasteiger partial charge in [-0.2, -0.15) is 0 Å². The third-order valence-corrected chi connectivity index (χ3v) is 14.5. The van der Waals surface area contributed by atoms with Gasteiger partial charge in [-0.15, -0.1) is 0 Å². The lowest BCUT2D eigenvalue weighted by Crippen LogP contribution is -2.46. The van der Waals surface area contributed by atoms with E-state index in [0.29, 0.717) is 6.61 Å². The van der Waals surface area contributed by atoms with Gasteiger partial charge in [0.2, 0.25) is 0 Å². The summed E-state index contributed by atoms with van der Waals surface area (Å²) in [4.78, 5) is 0. The van der Waals surface area contributed by atoms with Gasteiger partial charge in [0, 0.05) is 18.9 Å². The molecule has 3 aliphatic rings. The van der Waals surface area contributed by atoms with Crippen molar-refractivity contribution in [3.63, 3.8) is 0 Å². The first-order valence-electron chi connectivity index (χ1n) is 15.0. The largest absolute Gasteiger partial charge is 0.411 e. The lowest BCUT2D eigenvalue weighted by atomic mass is 10.0. The SMILES string of the molecule is CC[C@H]1O[C@@H](C)CC1OP(OC[C@H]1O[C@@H](C)CC1O[Si](C)(C)C(C)(C)C)O[C@H](c1ccccc1)[C@@H]1CCCN1. The topological polar surface area (TPSA) is 67.4 Å². The Balaban J connectivity index is 1.50. The molecule has 9 heteroatoms. The van der Waals surface area contributed by atoms with E-state index in [1.54, 1.807) is 0 Å². The Labute approximate surface area is 239 Å². The fraction of sp³-hybridized carbons (Fsp3) is 0.800. The molecule has 1 N–H and O–H groups in total. The first-order valence-corrected chi connectivity index (χ1v) is 19.0. The molecule has 0 saturated carbocycles. The molecule has 3 aliphatic heterocycles. The average Bonchev–Trinajstić information content (AvgIpc) is 3.61. The Morgan fingerprint density at radius 2 is 1.69 bits per heavy atom. The van der Waals surface area contributed by atoms with Crippen LogP contribution in [0.5, 0.6) is 0 Å². The zero-order valence-corrected chi connectivity index (χ0v) is 27.2. The van der Waals surface area contributed by atoms with Crippen LogP contribution in [0.15, 0.2) is 30.3 Å². The zero-order valence-electron chi connectivity index (χ0n) is 25.4. The molecule has 3 saturated heterocycles. The standard InChI is InChI=1S/C30H52NO6PSi/c1-9-25-26(18-21(2)33-25)35-38(36-29(24-16-13-17-31-24)23-14-11-10-12-15-23)32-20-28-27(19-22(3)34-28)37-39(7,8)30(4,5)6/h10-12,14-15,21-22,24-29,31H,9,13,16-20H2,1-8H3/t21-,22-,24-,25+,26?,27?,28+,29+,38?/m0/s1. The second kappa shape index (κ2) is 13.7. The molecule has 1 aromatic rings. The maximum atomic E-state index is 6.82. The normalized spacial score (nSPS) is 33.5. The van der Waals surface area contributed by atoms with Crippen LogP contribution in [0.1, 0.15) is 85.3 Å². The molecule has 1 aromatic carbocycles. The van der Waals surface area contributed by atoms with E-state index in [1.165, 1.54) is 0 Å². The van der Waals surface area contributed by atoms with Crippen molar-refractivity contribution < 1.29 is 27.5 Å². The zero-order chi connectivity index (χ0) is 28.2. The Hall–Kier alpha value is -0.413. The van der Waals surface area contributed by atoms with Crippen molar-refractivity contribution in [2.24, 2.45) is 0 Å². The Bertz CT molecular complexity index is 880. The maximum Gasteiger partial charge on any atom is 0.333 e. The Morgan fingerprint density at radius 3 is 2.31 bits per heavy atom. The van der Waals surface area contributed by atoms with Crippen LogP contribution in [0.25, 0.3) is 0 Å². The molecular weight excluding hydrogens is 529 g/mol. The molecule has 222 valence electrons. The highest BCUT2D eigenvalue weighted by Crippen LogP contribution is 2.50. The van der Waals surface area contributed by atoms with Crippen molar-refractivity contribution in [2.75, 3.05) is 13.2 Å². The summed E-state index contributed by atoms with van der Waals surface area (Å²) >= 11 is 0. The molecule has 9 atom stereocenters. The number of nitrogens with one attached hydrogen (secondary N) is 1. The second-order valence-electron chi connectivity index (χ2n) is 13.1. The van der Waals surface area contributed by atoms with E-state index < -0.39 is 16.9 Å². The molecule has 0 aromatic heterocycles. The van der Waals surface area contributed by atoms with Crippen LogP contribution in [-0.2, 0) is 27.5 Å². The van der Waals surface area contributed by atoms with Crippen molar-refractivity contribution in [3.05, 3.63) is 35.9 Å². The van der Waals surface area contributed by atoms with E-state index in [-0.39, 0.29) is 53.8 Å². The number of rotatable bonds is 12. The fourth-order valence-corrected chi connectivity index (χ4v) is 8.23. The summed E-state index contributed by atoms with van der Waals surface area (Å²) < 4.78 is 39.3. The molecule has 7 nitrogen and oxygen atoms in total. The van der Waals surface area contributed by atoms with E-state index in [2.05, 4.69) is 84.2 Å². The summed E-state index contributed by atoms with van der Waals surface area (Å²) in [6.45, 7) is 19.2. The molecule has 0 radical (unpaired) electrons. The first-order chi connectivity index (χ1) is 18.5. The van der Waals surface area contributed by atoms with Crippen molar-refractivity contribution in [2.45, 2.75) is 141 Å². The molecule has 3 fully saturated rings. The molecule has 4 rings (SSSR count). The molecule has 0 amide bonds. The monoisotopic (exact) mass is 581 g/mol. The second-order valence-corrected chi connectivity index (χ2v) is 19.0. The van der Waals surface area contributed by atoms with Crippen LogP contribution < -0.4 is 5.32 Å². The van der Waals surface area contributed by atoms with E-state index in [1.807, 2.05) is 6.07 Å². The summed E-state index contributed by atoms with van der Waals surface area (Å²) in [7, 11) is -3.61. The van der Waals surface area contributed by atoms with Gasteiger partial charge in [0.1, 0.15) is 12.2 Å². The smallest absolute Gasteiger partial charge is 0.333 e. The highest BCUT2D eigenvalue weighted by atomic mass is 31.2. The third-order valence-electron chi connectivity index (χ3n) is 8.78. The van der Waals surface area contributed by atoms with E-state index in [9.17, 15) is 0 Å². The van der Waals surface area contributed by atoms with Crippen LogP contribution in [0.4, 0.5) is 0 Å². The Morgan fingerprint density at radius 1 is 1.03 bits per heavy atom. The Kier molecular flexibility index (Phi) is 11.1. The summed E-state index contributed by atoms with van der Waals surface area (Å²) in [6, 6.07) is 10.7. The molecule has 0 aliphatic carbocycles. The van der Waals surface area contributed by atoms with Crippen LogP contribution in [0.3, 0.4) is 0 Å². The minimum atomic E-state index is -1.95. The predicted octanol–water partition coefficient (Wildman–Crippen LogP) is 7.28. The van der Waals surface area contributed by atoms with Crippen molar-refractivity contribution in [1.29, 1.82) is 0 Å². The number of hydrogen-bond donors (Lipinski definition) is 1. The summed E-state index contributed by atoms with van der Waals surface area (Å²) in [6.07, 6.45) is 4.84. The van der Waals surface area contributed by atoms with E-state index in [0.717, 1.165) is 44.2 Å². The number of ether oxygens (including phenoxy) is 2. The predicted molar refractivity (Wildman–Crippen MR) is 159 cm³/mol. The first kappa shape index (κ1) is 31.5. The average molecular weight is 582 g/mol. The van der Waals surface area contributed by atoms with Crippen LogP contribution >= 0.6 is 8.60 Å². The van der Waals surface area contributed by atoms with Gasteiger partial charge >= 0.3 is 8.60 Å². The lowest BCUT2D eigenvalue weighted by molar-refractivity contribution is -0.0248. The lowest BCUT2D eigenvalue weighted by Gasteiger charge is -2.39. The van der Waals surface area contributed by atoms with Crippen molar-refractivity contribution in [1.82, 2.24) is 5.32 Å². The fourth-order valence-electron chi connectivity index (χ4n) is 5.54. The van der Waals surface area contributed by atoms with Gasteiger partial charge in [-0.1, -0.05) is 58.0 Å². The number of benzene rings is 1. The molecule has 0 spiro atoms. The molecular formula is C30H52NO6PSi. The number of hydrogen-bond acceptors (Lipinski definition) is 7. The van der Waals surface area contributed by atoms with Crippen LogP contribution in [-0.4, -0.2) is 64.1 Å². The summed E-state index contributed by atoms with van der Waals surface area (Å²) in [5.41, 5.74) is 1.14.